The highest BCUT2D eigenvalue weighted by atomic mass is 16.5. The van der Waals surface area contributed by atoms with Gasteiger partial charge in [-0.1, -0.05) is 31.5 Å². The minimum Gasteiger partial charge on any atom is -0.496 e. The first kappa shape index (κ1) is 14.9. The fraction of sp³-hybridized carbons (Fsp3) is 0.684. The molecule has 2 saturated carbocycles. The first-order valence-electron chi connectivity index (χ1n) is 8.60. The zero-order valence-electron chi connectivity index (χ0n) is 13.5. The van der Waals surface area contributed by atoms with Gasteiger partial charge >= 0.3 is 0 Å². The van der Waals surface area contributed by atoms with Crippen LogP contribution in [0.4, 0.5) is 0 Å². The molecule has 1 aromatic carbocycles. The van der Waals surface area contributed by atoms with Crippen LogP contribution in [0.2, 0.25) is 0 Å². The van der Waals surface area contributed by atoms with E-state index < -0.39 is 0 Å². The minimum atomic E-state index is 0.465. The van der Waals surface area contributed by atoms with Gasteiger partial charge in [0.2, 0.25) is 0 Å². The summed E-state index contributed by atoms with van der Waals surface area (Å²) in [5.74, 6) is 2.96. The Morgan fingerprint density at radius 2 is 2.14 bits per heavy atom. The Balaban J connectivity index is 1.79. The Morgan fingerprint density at radius 3 is 2.81 bits per heavy atom. The van der Waals surface area contributed by atoms with E-state index in [1.165, 1.54) is 50.6 Å². The van der Waals surface area contributed by atoms with Gasteiger partial charge in [0.1, 0.15) is 5.75 Å². The molecule has 3 unspecified atom stereocenters. The molecule has 0 heterocycles. The van der Waals surface area contributed by atoms with E-state index in [1.54, 1.807) is 7.11 Å². The lowest BCUT2D eigenvalue weighted by Crippen LogP contribution is -2.40. The van der Waals surface area contributed by atoms with Crippen molar-refractivity contribution in [1.82, 2.24) is 5.32 Å². The topological polar surface area (TPSA) is 21.3 Å². The lowest BCUT2D eigenvalue weighted by atomic mass is 9.69. The van der Waals surface area contributed by atoms with Crippen LogP contribution >= 0.6 is 0 Å². The van der Waals surface area contributed by atoms with Crippen LogP contribution in [0, 0.1) is 17.3 Å². The summed E-state index contributed by atoms with van der Waals surface area (Å²) in [5.41, 5.74) is 1.86. The Morgan fingerprint density at radius 1 is 1.29 bits per heavy atom. The van der Waals surface area contributed by atoms with E-state index in [-0.39, 0.29) is 0 Å². The van der Waals surface area contributed by atoms with Crippen LogP contribution in [0.25, 0.3) is 0 Å². The van der Waals surface area contributed by atoms with Gasteiger partial charge in [0.05, 0.1) is 7.11 Å². The third kappa shape index (κ3) is 2.96. The van der Waals surface area contributed by atoms with Gasteiger partial charge in [-0.3, -0.25) is 0 Å². The highest BCUT2D eigenvalue weighted by molar-refractivity contribution is 5.34. The number of para-hydroxylation sites is 1. The average Bonchev–Trinajstić information content (AvgIpc) is 3.09. The smallest absolute Gasteiger partial charge is 0.122 e. The molecule has 1 aromatic rings. The quantitative estimate of drug-likeness (QED) is 0.764. The number of benzene rings is 1. The van der Waals surface area contributed by atoms with Gasteiger partial charge in [0.25, 0.3) is 0 Å². The molecule has 0 aliphatic heterocycles. The molecule has 116 valence electrons. The Kier molecular flexibility index (Phi) is 4.54. The fourth-order valence-electron chi connectivity index (χ4n) is 4.80. The molecular weight excluding hydrogens is 258 g/mol. The molecular formula is C19H29NO. The van der Waals surface area contributed by atoms with Gasteiger partial charge in [-0.15, -0.1) is 0 Å². The van der Waals surface area contributed by atoms with Crippen LogP contribution in [0.5, 0.6) is 5.75 Å². The highest BCUT2D eigenvalue weighted by Crippen LogP contribution is 2.57. The van der Waals surface area contributed by atoms with Crippen molar-refractivity contribution in [3.8, 4) is 5.75 Å². The molecule has 0 amide bonds. The first-order chi connectivity index (χ1) is 10.3. The van der Waals surface area contributed by atoms with Crippen molar-refractivity contribution in [2.45, 2.75) is 45.4 Å². The summed E-state index contributed by atoms with van der Waals surface area (Å²) in [6, 6.07) is 8.59. The molecule has 2 aliphatic rings. The third-order valence-corrected chi connectivity index (χ3v) is 5.74. The molecule has 1 N–H and O–H groups in total. The lowest BCUT2D eigenvalue weighted by Gasteiger charge is -2.39. The molecule has 3 atom stereocenters. The molecule has 2 bridgehead atoms. The minimum absolute atomic E-state index is 0.465. The van der Waals surface area contributed by atoms with Crippen LogP contribution in [-0.2, 0) is 6.42 Å². The molecule has 3 rings (SSSR count). The van der Waals surface area contributed by atoms with Crippen molar-refractivity contribution >= 4 is 0 Å². The molecule has 2 aliphatic carbocycles. The van der Waals surface area contributed by atoms with Gasteiger partial charge in [-0.2, -0.15) is 0 Å². The lowest BCUT2D eigenvalue weighted by molar-refractivity contribution is 0.155. The van der Waals surface area contributed by atoms with Crippen molar-refractivity contribution < 1.29 is 4.74 Å². The van der Waals surface area contributed by atoms with Crippen molar-refractivity contribution in [3.05, 3.63) is 29.8 Å². The van der Waals surface area contributed by atoms with Crippen LogP contribution in [-0.4, -0.2) is 20.2 Å². The Hall–Kier alpha value is -1.02. The number of nitrogens with one attached hydrogen (secondary N) is 1. The number of rotatable bonds is 7. The second-order valence-electron chi connectivity index (χ2n) is 7.11. The fourth-order valence-corrected chi connectivity index (χ4v) is 4.80. The number of fused-ring (bicyclic) bond motifs is 2. The van der Waals surface area contributed by atoms with Gasteiger partial charge in [0.15, 0.2) is 0 Å². The summed E-state index contributed by atoms with van der Waals surface area (Å²) in [6.07, 6.45) is 8.17. The SMILES string of the molecule is CCCNCC1(Cc2ccccc2OC)CC2CCC1C2. The summed E-state index contributed by atoms with van der Waals surface area (Å²) in [6.45, 7) is 4.58. The molecule has 2 nitrogen and oxygen atoms in total. The zero-order chi connectivity index (χ0) is 14.7. The second-order valence-corrected chi connectivity index (χ2v) is 7.11. The predicted octanol–water partition coefficient (Wildman–Crippen LogP) is 4.04. The van der Waals surface area contributed by atoms with Crippen molar-refractivity contribution in [2.75, 3.05) is 20.2 Å². The number of hydrogen-bond donors (Lipinski definition) is 1. The normalized spacial score (nSPS) is 30.8. The summed E-state index contributed by atoms with van der Waals surface area (Å²) in [5, 5.41) is 3.72. The second kappa shape index (κ2) is 6.39. The first-order valence-corrected chi connectivity index (χ1v) is 8.60. The Bertz CT molecular complexity index is 472. The predicted molar refractivity (Wildman–Crippen MR) is 87.7 cm³/mol. The maximum Gasteiger partial charge on any atom is 0.122 e. The van der Waals surface area contributed by atoms with E-state index in [2.05, 4.69) is 36.5 Å². The van der Waals surface area contributed by atoms with Crippen LogP contribution < -0.4 is 10.1 Å². The van der Waals surface area contributed by atoms with E-state index >= 15 is 0 Å². The van der Waals surface area contributed by atoms with E-state index in [4.69, 9.17) is 4.74 Å². The summed E-state index contributed by atoms with van der Waals surface area (Å²) >= 11 is 0. The summed E-state index contributed by atoms with van der Waals surface area (Å²) in [7, 11) is 1.79. The van der Waals surface area contributed by atoms with E-state index in [0.29, 0.717) is 5.41 Å². The van der Waals surface area contributed by atoms with Crippen molar-refractivity contribution in [2.24, 2.45) is 17.3 Å². The van der Waals surface area contributed by atoms with Crippen molar-refractivity contribution in [1.29, 1.82) is 0 Å². The molecule has 2 fully saturated rings. The molecule has 0 spiro atoms. The van der Waals surface area contributed by atoms with E-state index in [0.717, 1.165) is 24.1 Å². The van der Waals surface area contributed by atoms with Crippen LogP contribution in [0.3, 0.4) is 0 Å². The summed E-state index contributed by atoms with van der Waals surface area (Å²) in [4.78, 5) is 0. The van der Waals surface area contributed by atoms with Gasteiger partial charge in [-0.25, -0.2) is 0 Å². The molecule has 0 radical (unpaired) electrons. The monoisotopic (exact) mass is 287 g/mol. The molecule has 21 heavy (non-hydrogen) atoms. The van der Waals surface area contributed by atoms with Gasteiger partial charge in [0, 0.05) is 6.54 Å². The number of ether oxygens (including phenoxy) is 1. The number of methoxy groups -OCH3 is 1. The van der Waals surface area contributed by atoms with Gasteiger partial charge in [-0.05, 0) is 67.5 Å². The van der Waals surface area contributed by atoms with E-state index in [9.17, 15) is 0 Å². The van der Waals surface area contributed by atoms with Crippen molar-refractivity contribution in [3.63, 3.8) is 0 Å². The van der Waals surface area contributed by atoms with Gasteiger partial charge < -0.3 is 10.1 Å². The molecule has 0 aromatic heterocycles. The van der Waals surface area contributed by atoms with Crippen LogP contribution in [0.15, 0.2) is 24.3 Å². The maximum absolute atomic E-state index is 5.59. The van der Waals surface area contributed by atoms with Crippen LogP contribution in [0.1, 0.15) is 44.6 Å². The maximum atomic E-state index is 5.59. The third-order valence-electron chi connectivity index (χ3n) is 5.74. The average molecular weight is 287 g/mol. The molecule has 0 saturated heterocycles. The zero-order valence-corrected chi connectivity index (χ0v) is 13.5. The standard InChI is InChI=1S/C19H29NO/c1-3-10-20-14-19(12-15-8-9-17(19)11-15)13-16-6-4-5-7-18(16)21-2/h4-7,15,17,20H,3,8-14H2,1-2H3. The molecule has 2 heteroatoms. The number of hydrogen-bond acceptors (Lipinski definition) is 2. The summed E-state index contributed by atoms with van der Waals surface area (Å²) < 4.78 is 5.59. The largest absolute Gasteiger partial charge is 0.496 e. The van der Waals surface area contributed by atoms with E-state index in [1.807, 2.05) is 0 Å². The highest BCUT2D eigenvalue weighted by Gasteiger charge is 2.50. The Labute approximate surface area is 129 Å².